The molecule has 7 heteroatoms. The van der Waals surface area contributed by atoms with Gasteiger partial charge in [-0.25, -0.2) is 4.68 Å². The third-order valence-corrected chi connectivity index (χ3v) is 6.67. The SMILES string of the molecule is C=Cn1cc(CN2CCC(C[C@H]3CC(c4ccccc4C)=NO3)(C(=O)O)CC2)c(C)n1. The van der Waals surface area contributed by atoms with Crippen LogP contribution in [0.3, 0.4) is 0 Å². The minimum Gasteiger partial charge on any atom is -0.481 e. The minimum atomic E-state index is -0.766. The van der Waals surface area contributed by atoms with Crippen molar-refractivity contribution in [2.45, 2.75) is 52.2 Å². The Kier molecular flexibility index (Phi) is 5.96. The van der Waals surface area contributed by atoms with Crippen molar-refractivity contribution in [3.05, 3.63) is 59.4 Å². The summed E-state index contributed by atoms with van der Waals surface area (Å²) in [5, 5.41) is 18.8. The van der Waals surface area contributed by atoms with Gasteiger partial charge in [0, 0.05) is 42.9 Å². The summed E-state index contributed by atoms with van der Waals surface area (Å²) in [7, 11) is 0. The van der Waals surface area contributed by atoms with Gasteiger partial charge in [0.25, 0.3) is 0 Å². The predicted octanol–water partition coefficient (Wildman–Crippen LogP) is 3.85. The van der Waals surface area contributed by atoms with Crippen molar-refractivity contribution in [1.82, 2.24) is 14.7 Å². The molecule has 31 heavy (non-hydrogen) atoms. The molecule has 1 fully saturated rings. The number of aliphatic carboxylic acids is 1. The van der Waals surface area contributed by atoms with Gasteiger partial charge in [-0.05, 0) is 45.3 Å². The van der Waals surface area contributed by atoms with E-state index < -0.39 is 11.4 Å². The summed E-state index contributed by atoms with van der Waals surface area (Å²) in [6.07, 6.45) is 5.83. The van der Waals surface area contributed by atoms with Crippen LogP contribution >= 0.6 is 0 Å². The zero-order valence-electron chi connectivity index (χ0n) is 18.3. The third kappa shape index (κ3) is 4.42. The second-order valence-corrected chi connectivity index (χ2v) is 8.75. The highest BCUT2D eigenvalue weighted by molar-refractivity contribution is 6.02. The topological polar surface area (TPSA) is 80.0 Å². The maximum Gasteiger partial charge on any atom is 0.309 e. The molecule has 2 aromatic rings. The molecule has 1 N–H and O–H groups in total. The van der Waals surface area contributed by atoms with E-state index in [1.807, 2.05) is 31.3 Å². The molecule has 2 aliphatic rings. The van der Waals surface area contributed by atoms with Gasteiger partial charge in [0.05, 0.1) is 16.8 Å². The van der Waals surface area contributed by atoms with Gasteiger partial charge in [0.2, 0.25) is 0 Å². The number of likely N-dealkylation sites (tertiary alicyclic amines) is 1. The predicted molar refractivity (Wildman–Crippen MR) is 120 cm³/mol. The van der Waals surface area contributed by atoms with E-state index in [0.717, 1.165) is 47.7 Å². The van der Waals surface area contributed by atoms with E-state index in [9.17, 15) is 9.90 Å². The van der Waals surface area contributed by atoms with Crippen LogP contribution in [0.15, 0.2) is 42.2 Å². The van der Waals surface area contributed by atoms with Gasteiger partial charge in [-0.1, -0.05) is 36.0 Å². The van der Waals surface area contributed by atoms with Crippen LogP contribution in [0, 0.1) is 19.3 Å². The maximum atomic E-state index is 12.3. The van der Waals surface area contributed by atoms with E-state index in [0.29, 0.717) is 25.7 Å². The monoisotopic (exact) mass is 422 g/mol. The van der Waals surface area contributed by atoms with E-state index in [2.05, 4.69) is 34.7 Å². The number of carbonyl (C=O) groups is 1. The largest absolute Gasteiger partial charge is 0.481 e. The van der Waals surface area contributed by atoms with Crippen LogP contribution in [0.5, 0.6) is 0 Å². The molecule has 0 aliphatic carbocycles. The molecule has 164 valence electrons. The molecule has 1 saturated heterocycles. The molecule has 0 radical (unpaired) electrons. The molecule has 0 spiro atoms. The van der Waals surface area contributed by atoms with Crippen molar-refractivity contribution in [2.75, 3.05) is 13.1 Å². The van der Waals surface area contributed by atoms with Crippen LogP contribution in [0.2, 0.25) is 0 Å². The molecule has 0 saturated carbocycles. The summed E-state index contributed by atoms with van der Waals surface area (Å²) in [6, 6.07) is 8.10. The Labute approximate surface area is 183 Å². The second kappa shape index (κ2) is 8.67. The Morgan fingerprint density at radius 1 is 1.32 bits per heavy atom. The van der Waals surface area contributed by atoms with Gasteiger partial charge < -0.3 is 9.94 Å². The van der Waals surface area contributed by atoms with Crippen LogP contribution < -0.4 is 0 Å². The molecule has 0 amide bonds. The van der Waals surface area contributed by atoms with Gasteiger partial charge in [-0.3, -0.25) is 9.69 Å². The van der Waals surface area contributed by atoms with E-state index in [4.69, 9.17) is 4.84 Å². The number of piperidine rings is 1. The molecule has 0 unspecified atom stereocenters. The lowest BCUT2D eigenvalue weighted by molar-refractivity contribution is -0.155. The van der Waals surface area contributed by atoms with Crippen molar-refractivity contribution in [3.63, 3.8) is 0 Å². The zero-order chi connectivity index (χ0) is 22.0. The van der Waals surface area contributed by atoms with Crippen molar-refractivity contribution in [2.24, 2.45) is 10.6 Å². The Morgan fingerprint density at radius 3 is 2.71 bits per heavy atom. The molecule has 1 aromatic carbocycles. The second-order valence-electron chi connectivity index (χ2n) is 8.75. The fourth-order valence-corrected chi connectivity index (χ4v) is 4.68. The summed E-state index contributed by atoms with van der Waals surface area (Å²) in [5.74, 6) is -0.726. The first kappa shape index (κ1) is 21.3. The highest BCUT2D eigenvalue weighted by Gasteiger charge is 2.45. The number of carboxylic acids is 1. The lowest BCUT2D eigenvalue weighted by Gasteiger charge is -2.39. The van der Waals surface area contributed by atoms with Gasteiger partial charge in [-0.15, -0.1) is 0 Å². The summed E-state index contributed by atoms with van der Waals surface area (Å²) < 4.78 is 1.72. The van der Waals surface area contributed by atoms with Crippen LogP contribution in [0.1, 0.15) is 48.1 Å². The summed E-state index contributed by atoms with van der Waals surface area (Å²) in [6.45, 7) is 10.0. The van der Waals surface area contributed by atoms with Gasteiger partial charge >= 0.3 is 5.97 Å². The maximum absolute atomic E-state index is 12.3. The quantitative estimate of drug-likeness (QED) is 0.733. The number of aromatic nitrogens is 2. The van der Waals surface area contributed by atoms with Crippen molar-refractivity contribution < 1.29 is 14.7 Å². The van der Waals surface area contributed by atoms with E-state index in [1.54, 1.807) is 10.9 Å². The Hall–Kier alpha value is -2.93. The van der Waals surface area contributed by atoms with E-state index in [-0.39, 0.29) is 6.10 Å². The average Bonchev–Trinajstić information content (AvgIpc) is 3.36. The number of hydrogen-bond acceptors (Lipinski definition) is 5. The fraction of sp³-hybridized carbons (Fsp3) is 0.458. The van der Waals surface area contributed by atoms with Gasteiger partial charge in [0.1, 0.15) is 6.10 Å². The minimum absolute atomic E-state index is 0.190. The number of hydrogen-bond donors (Lipinski definition) is 1. The number of rotatable bonds is 7. The molecule has 1 atom stereocenters. The lowest BCUT2D eigenvalue weighted by atomic mass is 9.73. The first-order valence-corrected chi connectivity index (χ1v) is 10.8. The molecule has 1 aromatic heterocycles. The Bertz CT molecular complexity index is 1000. The zero-order valence-corrected chi connectivity index (χ0v) is 18.3. The normalized spacial score (nSPS) is 20.8. The lowest BCUT2D eigenvalue weighted by Crippen LogP contribution is -2.45. The summed E-state index contributed by atoms with van der Waals surface area (Å²) in [4.78, 5) is 20.3. The molecule has 4 rings (SSSR count). The smallest absolute Gasteiger partial charge is 0.309 e. The van der Waals surface area contributed by atoms with Crippen molar-refractivity contribution in [1.29, 1.82) is 0 Å². The first-order valence-electron chi connectivity index (χ1n) is 10.8. The molecular weight excluding hydrogens is 392 g/mol. The molecule has 0 bridgehead atoms. The Balaban J connectivity index is 1.37. The van der Waals surface area contributed by atoms with Crippen molar-refractivity contribution in [3.8, 4) is 0 Å². The molecule has 3 heterocycles. The van der Waals surface area contributed by atoms with Crippen molar-refractivity contribution >= 4 is 17.9 Å². The van der Waals surface area contributed by atoms with E-state index >= 15 is 0 Å². The Morgan fingerprint density at radius 2 is 2.06 bits per heavy atom. The highest BCUT2D eigenvalue weighted by Crippen LogP contribution is 2.39. The molecule has 2 aliphatic heterocycles. The molecule has 7 nitrogen and oxygen atoms in total. The van der Waals surface area contributed by atoms with Crippen LogP contribution in [-0.2, 0) is 16.2 Å². The van der Waals surface area contributed by atoms with Gasteiger partial charge in [0.15, 0.2) is 0 Å². The number of benzene rings is 1. The highest BCUT2D eigenvalue weighted by atomic mass is 16.6. The van der Waals surface area contributed by atoms with E-state index in [1.165, 1.54) is 0 Å². The third-order valence-electron chi connectivity index (χ3n) is 6.67. The average molecular weight is 423 g/mol. The first-order chi connectivity index (χ1) is 14.9. The van der Waals surface area contributed by atoms with Crippen LogP contribution in [0.4, 0.5) is 0 Å². The number of carboxylic acid groups (broad SMARTS) is 1. The van der Waals surface area contributed by atoms with Gasteiger partial charge in [-0.2, -0.15) is 5.10 Å². The summed E-state index contributed by atoms with van der Waals surface area (Å²) in [5.41, 5.74) is 4.52. The standard InChI is InChI=1S/C24H30N4O3/c1-4-28-16-19(18(3)25-28)15-27-11-9-24(10-12-27,23(29)30)14-20-13-22(26-31-20)21-8-6-5-7-17(21)2/h4-8,16,20H,1,9-15H2,2-3H3,(H,29,30)/t20-/m1/s1. The number of aryl methyl sites for hydroxylation is 2. The van der Waals surface area contributed by atoms with Crippen LogP contribution in [0.25, 0.3) is 6.20 Å². The number of oxime groups is 1. The van der Waals surface area contributed by atoms with Crippen LogP contribution in [-0.4, -0.2) is 50.7 Å². The fourth-order valence-electron chi connectivity index (χ4n) is 4.68. The number of nitrogens with zero attached hydrogens (tertiary/aromatic N) is 4. The summed E-state index contributed by atoms with van der Waals surface area (Å²) >= 11 is 0. The molecular formula is C24H30N4O3.